The molecule has 0 N–H and O–H groups in total. The Bertz CT molecular complexity index is 1370. The predicted molar refractivity (Wildman–Crippen MR) is 307 cm³/mol. The summed E-state index contributed by atoms with van der Waals surface area (Å²) in [7, 11) is 0. The van der Waals surface area contributed by atoms with Crippen molar-refractivity contribution in [3.63, 3.8) is 0 Å². The van der Waals surface area contributed by atoms with Gasteiger partial charge in [0.05, 0.1) is 0 Å². The van der Waals surface area contributed by atoms with E-state index in [-0.39, 0.29) is 37.5 Å². The van der Waals surface area contributed by atoms with Crippen molar-refractivity contribution in [3.05, 3.63) is 85.1 Å². The van der Waals surface area contributed by atoms with E-state index < -0.39 is 6.10 Å². The smallest absolute Gasteiger partial charge is 0.306 e. The van der Waals surface area contributed by atoms with Gasteiger partial charge in [0, 0.05) is 19.3 Å². The Morgan fingerprint density at radius 2 is 0.535 bits per heavy atom. The van der Waals surface area contributed by atoms with E-state index in [1.165, 1.54) is 167 Å². The molecule has 0 spiro atoms. The molecule has 0 aromatic rings. The van der Waals surface area contributed by atoms with Gasteiger partial charge in [0.15, 0.2) is 6.10 Å². The topological polar surface area (TPSA) is 78.9 Å². The van der Waals surface area contributed by atoms with Gasteiger partial charge < -0.3 is 14.2 Å². The summed E-state index contributed by atoms with van der Waals surface area (Å²) >= 11 is 0. The molecule has 0 fully saturated rings. The Kier molecular flexibility index (Phi) is 56.3. The molecule has 0 aromatic carbocycles. The summed E-state index contributed by atoms with van der Waals surface area (Å²) in [4.78, 5) is 38.2. The molecular weight excluding hydrogens is 877 g/mol. The molecule has 0 amide bonds. The first-order valence-corrected chi connectivity index (χ1v) is 30.1. The van der Waals surface area contributed by atoms with Crippen molar-refractivity contribution in [1.82, 2.24) is 0 Å². The second-order valence-corrected chi connectivity index (χ2v) is 19.9. The molecule has 6 nitrogen and oxygen atoms in total. The third kappa shape index (κ3) is 57.4. The number of unbranched alkanes of at least 4 members (excludes halogenated alkanes) is 29. The zero-order valence-electron chi connectivity index (χ0n) is 46.7. The molecule has 0 bridgehead atoms. The maximum atomic E-state index is 12.9. The molecule has 0 rings (SSSR count). The van der Waals surface area contributed by atoms with Crippen LogP contribution in [0.3, 0.4) is 0 Å². The summed E-state index contributed by atoms with van der Waals surface area (Å²) in [6, 6.07) is 0. The summed E-state index contributed by atoms with van der Waals surface area (Å²) in [5, 5.41) is 0. The van der Waals surface area contributed by atoms with E-state index >= 15 is 0 Å². The number of carbonyl (C=O) groups excluding carboxylic acids is 3. The number of carbonyl (C=O) groups is 3. The van der Waals surface area contributed by atoms with Crippen LogP contribution in [-0.4, -0.2) is 37.2 Å². The Morgan fingerprint density at radius 3 is 0.901 bits per heavy atom. The molecule has 408 valence electrons. The fourth-order valence-corrected chi connectivity index (χ4v) is 8.34. The van der Waals surface area contributed by atoms with Crippen molar-refractivity contribution < 1.29 is 28.6 Å². The molecule has 0 aliphatic rings. The summed E-state index contributed by atoms with van der Waals surface area (Å²) in [6.07, 6.45) is 77.3. The summed E-state index contributed by atoms with van der Waals surface area (Å²) in [5.41, 5.74) is 0. The van der Waals surface area contributed by atoms with Gasteiger partial charge in [-0.05, 0) is 89.9 Å². The van der Waals surface area contributed by atoms with Gasteiger partial charge in [0.2, 0.25) is 0 Å². The minimum atomic E-state index is -0.810. The predicted octanol–water partition coefficient (Wildman–Crippen LogP) is 20.3. The van der Waals surface area contributed by atoms with Gasteiger partial charge in [-0.25, -0.2) is 0 Å². The van der Waals surface area contributed by atoms with Crippen LogP contribution in [0.15, 0.2) is 85.1 Å². The van der Waals surface area contributed by atoms with Crippen molar-refractivity contribution in [2.75, 3.05) is 13.2 Å². The first-order valence-electron chi connectivity index (χ1n) is 30.1. The average molecular weight is 990 g/mol. The monoisotopic (exact) mass is 989 g/mol. The number of rotatable bonds is 54. The number of esters is 3. The summed E-state index contributed by atoms with van der Waals surface area (Å²) < 4.78 is 16.8. The maximum absolute atomic E-state index is 12.9. The lowest BCUT2D eigenvalue weighted by molar-refractivity contribution is -0.166. The first-order chi connectivity index (χ1) is 35.0. The van der Waals surface area contributed by atoms with Crippen molar-refractivity contribution >= 4 is 17.9 Å². The van der Waals surface area contributed by atoms with Crippen LogP contribution < -0.4 is 0 Å². The minimum absolute atomic E-state index is 0.100. The Morgan fingerprint density at radius 1 is 0.282 bits per heavy atom. The molecule has 1 atom stereocenters. The quantitative estimate of drug-likeness (QED) is 0.0261. The maximum Gasteiger partial charge on any atom is 0.306 e. The molecule has 0 radical (unpaired) electrons. The second-order valence-electron chi connectivity index (χ2n) is 19.9. The van der Waals surface area contributed by atoms with Crippen LogP contribution in [0.25, 0.3) is 0 Å². The molecule has 0 saturated carbocycles. The lowest BCUT2D eigenvalue weighted by Gasteiger charge is -2.18. The van der Waals surface area contributed by atoms with Gasteiger partial charge in [-0.1, -0.05) is 266 Å². The van der Waals surface area contributed by atoms with Crippen molar-refractivity contribution in [2.24, 2.45) is 0 Å². The van der Waals surface area contributed by atoms with Crippen LogP contribution >= 0.6 is 0 Å². The number of hydrogen-bond acceptors (Lipinski definition) is 6. The molecule has 0 heterocycles. The minimum Gasteiger partial charge on any atom is -0.462 e. The fraction of sp³-hybridized carbons (Fsp3) is 0.738. The Labute approximate surface area is 439 Å². The lowest BCUT2D eigenvalue weighted by Crippen LogP contribution is -2.30. The van der Waals surface area contributed by atoms with Crippen LogP contribution in [0.4, 0.5) is 0 Å². The highest BCUT2D eigenvalue weighted by molar-refractivity contribution is 5.71. The standard InChI is InChI=1S/C65H112O6/c1-4-7-10-13-16-19-22-25-28-31-32-35-37-40-43-46-49-52-55-58-64(67)70-61-62(71-65(68)59-56-53-50-47-44-41-38-34-30-27-24-21-18-15-12-9-6-3)60-69-63(66)57-54-51-48-45-42-39-36-33-29-26-23-20-17-14-11-8-5-2/h16,18-19,21,25,27-28,30,32,35,40,43,49,52,62H,4-15,17,20,22-24,26,29,31,33-34,36-39,41-42,44-48,50-51,53-61H2,1-3H3/b19-16-,21-18-,28-25-,30-27-,35-32-,43-40-,52-49-/t62-/m0/s1. The van der Waals surface area contributed by atoms with E-state index in [9.17, 15) is 14.4 Å². The normalized spacial score (nSPS) is 12.7. The fourth-order valence-electron chi connectivity index (χ4n) is 8.34. The highest BCUT2D eigenvalue weighted by atomic mass is 16.6. The highest BCUT2D eigenvalue weighted by Gasteiger charge is 2.19. The van der Waals surface area contributed by atoms with Gasteiger partial charge in [0.25, 0.3) is 0 Å². The summed E-state index contributed by atoms with van der Waals surface area (Å²) in [5.74, 6) is -0.985. The third-order valence-corrected chi connectivity index (χ3v) is 12.9. The van der Waals surface area contributed by atoms with Gasteiger partial charge in [-0.2, -0.15) is 0 Å². The first kappa shape index (κ1) is 67.6. The van der Waals surface area contributed by atoms with E-state index in [4.69, 9.17) is 14.2 Å². The summed E-state index contributed by atoms with van der Waals surface area (Å²) in [6.45, 7) is 6.54. The second kappa shape index (κ2) is 59.2. The number of ether oxygens (including phenoxy) is 3. The van der Waals surface area contributed by atoms with Crippen molar-refractivity contribution in [2.45, 2.75) is 297 Å². The molecule has 0 saturated heterocycles. The Balaban J connectivity index is 4.49. The van der Waals surface area contributed by atoms with Crippen molar-refractivity contribution in [1.29, 1.82) is 0 Å². The number of hydrogen-bond donors (Lipinski definition) is 0. The van der Waals surface area contributed by atoms with E-state index in [2.05, 4.69) is 99.8 Å². The highest BCUT2D eigenvalue weighted by Crippen LogP contribution is 2.16. The molecule has 0 aliphatic heterocycles. The SMILES string of the molecule is CCCCC/C=C\C/C=C\C/C=C\C/C=C\C/C=C\CCC(=O)OC[C@H](COC(=O)CCCCCCCCCCCCCCCCCCC)OC(=O)CCCCCCCCC/C=C\C/C=C\CCCCC. The van der Waals surface area contributed by atoms with Gasteiger partial charge in [0.1, 0.15) is 13.2 Å². The average Bonchev–Trinajstić information content (AvgIpc) is 3.37. The van der Waals surface area contributed by atoms with E-state index in [1.54, 1.807) is 0 Å². The largest absolute Gasteiger partial charge is 0.462 e. The molecule has 0 aliphatic carbocycles. The van der Waals surface area contributed by atoms with Crippen molar-refractivity contribution in [3.8, 4) is 0 Å². The van der Waals surface area contributed by atoms with Crippen LogP contribution in [0.5, 0.6) is 0 Å². The number of allylic oxidation sites excluding steroid dienone is 14. The third-order valence-electron chi connectivity index (χ3n) is 12.9. The van der Waals surface area contributed by atoms with E-state index in [0.29, 0.717) is 19.3 Å². The van der Waals surface area contributed by atoms with Gasteiger partial charge in [-0.15, -0.1) is 0 Å². The molecule has 6 heteroatoms. The van der Waals surface area contributed by atoms with E-state index in [1.807, 2.05) is 6.08 Å². The van der Waals surface area contributed by atoms with Gasteiger partial charge >= 0.3 is 17.9 Å². The van der Waals surface area contributed by atoms with Crippen LogP contribution in [-0.2, 0) is 28.6 Å². The zero-order chi connectivity index (χ0) is 51.4. The van der Waals surface area contributed by atoms with Crippen LogP contribution in [0, 0.1) is 0 Å². The molecule has 71 heavy (non-hydrogen) atoms. The van der Waals surface area contributed by atoms with Gasteiger partial charge in [-0.3, -0.25) is 14.4 Å². The molecule has 0 aromatic heterocycles. The van der Waals surface area contributed by atoms with Crippen LogP contribution in [0.1, 0.15) is 290 Å². The van der Waals surface area contributed by atoms with Crippen LogP contribution in [0.2, 0.25) is 0 Å². The zero-order valence-corrected chi connectivity index (χ0v) is 46.7. The lowest BCUT2D eigenvalue weighted by atomic mass is 10.0. The molecule has 0 unspecified atom stereocenters. The van der Waals surface area contributed by atoms with E-state index in [0.717, 1.165) is 77.0 Å². The Hall–Kier alpha value is -3.41. The molecular formula is C65H112O6.